The van der Waals surface area contributed by atoms with Crippen LogP contribution in [0.5, 0.6) is 0 Å². The van der Waals surface area contributed by atoms with E-state index in [1.54, 1.807) is 0 Å². The Morgan fingerprint density at radius 3 is 2.07 bits per heavy atom. The van der Waals surface area contributed by atoms with E-state index in [0.717, 1.165) is 14.2 Å². The van der Waals surface area contributed by atoms with Crippen molar-refractivity contribution in [2.75, 3.05) is 20.8 Å². The van der Waals surface area contributed by atoms with Gasteiger partial charge in [-0.25, -0.2) is 0 Å². The van der Waals surface area contributed by atoms with E-state index < -0.39 is 24.3 Å². The summed E-state index contributed by atoms with van der Waals surface area (Å²) < 4.78 is 8.68. The number of carbonyl (C=O) groups excluding carboxylic acids is 1. The molecule has 0 radical (unpaired) electrons. The summed E-state index contributed by atoms with van der Waals surface area (Å²) in [5, 5.41) is 36.7. The molecule has 0 aliphatic heterocycles. The summed E-state index contributed by atoms with van der Waals surface area (Å²) in [7, 11) is 1.87. The normalized spacial score (nSPS) is 22.1. The third-order valence-corrected chi connectivity index (χ3v) is 1.92. The summed E-state index contributed by atoms with van der Waals surface area (Å²) in [6, 6.07) is 0. The number of hydrogen-bond donors (Lipinski definition) is 4. The van der Waals surface area contributed by atoms with Crippen LogP contribution in [-0.4, -0.2) is 65.2 Å². The number of rotatable bonds is 6. The van der Waals surface area contributed by atoms with Crippen molar-refractivity contribution >= 4 is 6.29 Å². The summed E-state index contributed by atoms with van der Waals surface area (Å²) in [4.78, 5) is 10.5. The van der Waals surface area contributed by atoms with Crippen molar-refractivity contribution in [3.8, 4) is 0 Å². The van der Waals surface area contributed by atoms with Crippen LogP contribution in [0.1, 0.15) is 0 Å². The van der Waals surface area contributed by atoms with Gasteiger partial charge in [-0.3, -0.25) is 4.79 Å². The molecule has 7 heteroatoms. The van der Waals surface area contributed by atoms with Crippen LogP contribution in [0.15, 0.2) is 0 Å². The molecule has 0 saturated heterocycles. The lowest BCUT2D eigenvalue weighted by Gasteiger charge is -2.39. The third kappa shape index (κ3) is 1.92. The number of aliphatic hydroxyl groups excluding tert-OH is 2. The van der Waals surface area contributed by atoms with E-state index >= 15 is 0 Å². The van der Waals surface area contributed by atoms with Gasteiger partial charge in [0.1, 0.15) is 6.10 Å². The zero-order valence-electron chi connectivity index (χ0n) is 7.88. The Kier molecular flexibility index (Phi) is 4.59. The second kappa shape index (κ2) is 4.78. The Morgan fingerprint density at radius 2 is 1.86 bits per heavy atom. The number of hydrogen-bond acceptors (Lipinski definition) is 7. The summed E-state index contributed by atoms with van der Waals surface area (Å²) in [6.45, 7) is -0.913. The fourth-order valence-corrected chi connectivity index (χ4v) is 0.924. The van der Waals surface area contributed by atoms with E-state index in [-0.39, 0.29) is 6.29 Å². The molecule has 0 aromatic rings. The van der Waals surface area contributed by atoms with Crippen molar-refractivity contribution in [1.29, 1.82) is 0 Å². The first-order chi connectivity index (χ1) is 6.41. The predicted octanol–water partition coefficient (Wildman–Crippen LogP) is -2.79. The molecule has 84 valence electrons. The first kappa shape index (κ1) is 13.4. The number of carbonyl (C=O) groups is 1. The van der Waals surface area contributed by atoms with Gasteiger partial charge in [0, 0.05) is 14.2 Å². The van der Waals surface area contributed by atoms with Gasteiger partial charge in [-0.1, -0.05) is 0 Å². The number of aliphatic hydroxyl groups is 4. The van der Waals surface area contributed by atoms with Gasteiger partial charge >= 0.3 is 0 Å². The minimum absolute atomic E-state index is 0.143. The zero-order chi connectivity index (χ0) is 11.4. The van der Waals surface area contributed by atoms with Crippen molar-refractivity contribution in [2.45, 2.75) is 17.7 Å². The van der Waals surface area contributed by atoms with Gasteiger partial charge < -0.3 is 29.9 Å². The van der Waals surface area contributed by atoms with Crippen LogP contribution in [-0.2, 0) is 14.3 Å². The minimum Gasteiger partial charge on any atom is -0.393 e. The summed E-state index contributed by atoms with van der Waals surface area (Å²) in [6.07, 6.45) is -2.03. The zero-order valence-corrected chi connectivity index (χ0v) is 7.88. The SMILES string of the molecule is CO[C@@](O)([C@H](O)CO)[C@](O)(C=O)OC. The van der Waals surface area contributed by atoms with E-state index in [4.69, 9.17) is 10.2 Å². The largest absolute Gasteiger partial charge is 0.393 e. The maximum absolute atomic E-state index is 10.5. The van der Waals surface area contributed by atoms with Gasteiger partial charge in [-0.05, 0) is 0 Å². The van der Waals surface area contributed by atoms with Crippen LogP contribution in [0.4, 0.5) is 0 Å². The molecule has 14 heavy (non-hydrogen) atoms. The first-order valence-electron chi connectivity index (χ1n) is 3.72. The second-order valence-electron chi connectivity index (χ2n) is 2.62. The molecule has 0 fully saturated rings. The molecule has 0 amide bonds. The van der Waals surface area contributed by atoms with E-state index in [0.29, 0.717) is 0 Å². The van der Waals surface area contributed by atoms with Gasteiger partial charge in [-0.15, -0.1) is 0 Å². The number of ether oxygens (including phenoxy) is 2. The maximum Gasteiger partial charge on any atom is 0.282 e. The monoisotopic (exact) mass is 210 g/mol. The maximum atomic E-state index is 10.5. The van der Waals surface area contributed by atoms with Crippen molar-refractivity contribution < 1.29 is 34.7 Å². The molecule has 0 aliphatic rings. The smallest absolute Gasteiger partial charge is 0.282 e. The van der Waals surface area contributed by atoms with Crippen LogP contribution in [0.2, 0.25) is 0 Å². The molecule has 7 nitrogen and oxygen atoms in total. The highest BCUT2D eigenvalue weighted by Crippen LogP contribution is 2.26. The Labute approximate surface area is 80.5 Å². The van der Waals surface area contributed by atoms with Crippen molar-refractivity contribution in [3.05, 3.63) is 0 Å². The fourth-order valence-electron chi connectivity index (χ4n) is 0.924. The van der Waals surface area contributed by atoms with E-state index in [1.165, 1.54) is 0 Å². The van der Waals surface area contributed by atoms with Gasteiger partial charge in [0.05, 0.1) is 6.61 Å². The minimum atomic E-state index is -2.75. The van der Waals surface area contributed by atoms with Gasteiger partial charge in [0.15, 0.2) is 6.29 Å². The highest BCUT2D eigenvalue weighted by Gasteiger charge is 2.56. The van der Waals surface area contributed by atoms with Crippen LogP contribution < -0.4 is 0 Å². The van der Waals surface area contributed by atoms with E-state index in [2.05, 4.69) is 9.47 Å². The summed E-state index contributed by atoms with van der Waals surface area (Å²) in [5.74, 6) is -5.47. The average molecular weight is 210 g/mol. The molecule has 0 spiro atoms. The molecule has 4 N–H and O–H groups in total. The fraction of sp³-hybridized carbons (Fsp3) is 0.857. The van der Waals surface area contributed by atoms with E-state index in [1.807, 2.05) is 0 Å². The lowest BCUT2D eigenvalue weighted by molar-refractivity contribution is -0.378. The molecule has 0 bridgehead atoms. The molecule has 0 aromatic heterocycles. The van der Waals surface area contributed by atoms with Crippen LogP contribution in [0.3, 0.4) is 0 Å². The number of aldehydes is 1. The Hall–Kier alpha value is -0.570. The molecule has 0 unspecified atom stereocenters. The Balaban J connectivity index is 5.09. The third-order valence-electron chi connectivity index (χ3n) is 1.92. The van der Waals surface area contributed by atoms with Gasteiger partial charge in [0.2, 0.25) is 0 Å². The second-order valence-corrected chi connectivity index (χ2v) is 2.62. The topological polar surface area (TPSA) is 116 Å². The Bertz CT molecular complexity index is 196. The molecule has 0 saturated carbocycles. The summed E-state index contributed by atoms with van der Waals surface area (Å²) in [5.41, 5.74) is 0. The van der Waals surface area contributed by atoms with Gasteiger partial charge in [0.25, 0.3) is 11.6 Å². The molecule has 3 atom stereocenters. The lowest BCUT2D eigenvalue weighted by Crippen LogP contribution is -2.65. The van der Waals surface area contributed by atoms with Crippen molar-refractivity contribution in [3.63, 3.8) is 0 Å². The van der Waals surface area contributed by atoms with Crippen molar-refractivity contribution in [2.24, 2.45) is 0 Å². The number of methoxy groups -OCH3 is 2. The molecule has 0 rings (SSSR count). The molecule has 0 heterocycles. The molecule has 0 aromatic carbocycles. The quantitative estimate of drug-likeness (QED) is 0.276. The molecular formula is C7H14O7. The van der Waals surface area contributed by atoms with Crippen LogP contribution >= 0.6 is 0 Å². The van der Waals surface area contributed by atoms with Crippen LogP contribution in [0.25, 0.3) is 0 Å². The predicted molar refractivity (Wildman–Crippen MR) is 43.1 cm³/mol. The highest BCUT2D eigenvalue weighted by atomic mass is 16.7. The Morgan fingerprint density at radius 1 is 1.36 bits per heavy atom. The van der Waals surface area contributed by atoms with Gasteiger partial charge in [-0.2, -0.15) is 0 Å². The van der Waals surface area contributed by atoms with Crippen LogP contribution in [0, 0.1) is 0 Å². The van der Waals surface area contributed by atoms with E-state index in [9.17, 15) is 15.0 Å². The molecule has 0 aliphatic carbocycles. The first-order valence-corrected chi connectivity index (χ1v) is 3.72. The highest BCUT2D eigenvalue weighted by molar-refractivity contribution is 5.62. The molecular weight excluding hydrogens is 196 g/mol. The lowest BCUT2D eigenvalue weighted by atomic mass is 10.0. The average Bonchev–Trinajstić information content (AvgIpc) is 2.25. The summed E-state index contributed by atoms with van der Waals surface area (Å²) >= 11 is 0. The van der Waals surface area contributed by atoms with Crippen molar-refractivity contribution in [1.82, 2.24) is 0 Å². The standard InChI is InChI=1S/C7H14O7/c1-13-6(11,4-9)7(12,14-2)5(10)3-8/h4-5,8,10-12H,3H2,1-2H3/t5-,6+,7+/m1/s1.